The minimum absolute atomic E-state index is 0.221. The normalized spacial score (nSPS) is 12.1. The Morgan fingerprint density at radius 3 is 2.22 bits per heavy atom. The molecule has 5 nitrogen and oxygen atoms in total. The Hall–Kier alpha value is -5.42. The molecule has 4 rings (SSSR count). The summed E-state index contributed by atoms with van der Waals surface area (Å²) in [6.45, 7) is 15.6. The van der Waals surface area contributed by atoms with Crippen LogP contribution in [-0.4, -0.2) is 16.2 Å². The Morgan fingerprint density at radius 2 is 1.51 bits per heavy atom. The summed E-state index contributed by atoms with van der Waals surface area (Å²) < 4.78 is 8.59. The van der Waals surface area contributed by atoms with Gasteiger partial charge in [-0.05, 0) is 54.1 Å². The minimum atomic E-state index is -0.531. The van der Waals surface area contributed by atoms with Crippen molar-refractivity contribution < 1.29 is 14.4 Å². The fraction of sp³-hybridized carbons (Fsp3) is 0.0556. The molecule has 0 saturated carbocycles. The molecule has 4 aromatic rings. The van der Waals surface area contributed by atoms with E-state index in [1.165, 1.54) is 0 Å². The van der Waals surface area contributed by atoms with E-state index >= 15 is 0 Å². The zero-order valence-corrected chi connectivity index (χ0v) is 23.2. The summed E-state index contributed by atoms with van der Waals surface area (Å²) in [5.74, 6) is 0.854. The highest BCUT2D eigenvalue weighted by Crippen LogP contribution is 2.33. The molecule has 0 aliphatic heterocycles. The molecule has 0 amide bonds. The average molecular weight is 541 g/mol. The average Bonchev–Trinajstić information content (AvgIpc) is 2.98. The van der Waals surface area contributed by atoms with E-state index in [2.05, 4.69) is 26.3 Å². The van der Waals surface area contributed by atoms with Crippen molar-refractivity contribution in [2.45, 2.75) is 6.10 Å². The molecule has 0 fully saturated rings. The van der Waals surface area contributed by atoms with Crippen LogP contribution in [0, 0.1) is 0 Å². The largest absolute Gasteiger partial charge is 0.507 e. The number of nitrogens with zero attached hydrogens (tertiary/aromatic N) is 2. The summed E-state index contributed by atoms with van der Waals surface area (Å²) in [6, 6.07) is 26.9. The summed E-state index contributed by atoms with van der Waals surface area (Å²) >= 11 is 0. The number of hydrogen-bond donors (Lipinski definition) is 2. The first-order valence-corrected chi connectivity index (χ1v) is 13.1. The lowest BCUT2D eigenvalue weighted by molar-refractivity contribution is -0.649. The van der Waals surface area contributed by atoms with Crippen molar-refractivity contribution >= 4 is 0 Å². The number of phenols is 1. The van der Waals surface area contributed by atoms with E-state index in [1.54, 1.807) is 18.2 Å². The maximum Gasteiger partial charge on any atom is 0.231 e. The van der Waals surface area contributed by atoms with Crippen LogP contribution in [0.5, 0.6) is 11.5 Å². The highest BCUT2D eigenvalue weighted by atomic mass is 16.5. The molecule has 41 heavy (non-hydrogen) atoms. The lowest BCUT2D eigenvalue weighted by Gasteiger charge is -2.22. The quantitative estimate of drug-likeness (QED) is 0.155. The summed E-state index contributed by atoms with van der Waals surface area (Å²) in [6.07, 6.45) is 8.33. The third-order valence-corrected chi connectivity index (χ3v) is 6.60. The Kier molecular flexibility index (Phi) is 9.13. The van der Waals surface area contributed by atoms with Gasteiger partial charge in [0.25, 0.3) is 0 Å². The van der Waals surface area contributed by atoms with E-state index in [4.69, 9.17) is 15.5 Å². The second kappa shape index (κ2) is 13.1. The number of allylic oxidation sites excluding steroid dienone is 5. The molecule has 1 atom stereocenters. The Morgan fingerprint density at radius 1 is 0.854 bits per heavy atom. The van der Waals surface area contributed by atoms with Crippen LogP contribution in [0.1, 0.15) is 0 Å². The van der Waals surface area contributed by atoms with Crippen LogP contribution in [0.4, 0.5) is 0 Å². The summed E-state index contributed by atoms with van der Waals surface area (Å²) in [4.78, 5) is 5.03. The first kappa shape index (κ1) is 28.6. The molecule has 2 aromatic carbocycles. The third-order valence-electron chi connectivity index (χ3n) is 6.60. The minimum Gasteiger partial charge on any atom is -0.507 e. The molecule has 0 saturated heterocycles. The van der Waals surface area contributed by atoms with Gasteiger partial charge in [0.2, 0.25) is 11.4 Å². The zero-order chi connectivity index (χ0) is 29.4. The van der Waals surface area contributed by atoms with Crippen molar-refractivity contribution in [3.63, 3.8) is 0 Å². The van der Waals surface area contributed by atoms with Gasteiger partial charge in [0.15, 0.2) is 0 Å². The van der Waals surface area contributed by atoms with Gasteiger partial charge in [-0.25, -0.2) is 4.98 Å². The van der Waals surface area contributed by atoms with Gasteiger partial charge in [-0.15, -0.1) is 0 Å². The number of rotatable bonds is 11. The Labute approximate surface area is 241 Å². The molecule has 204 valence electrons. The molecule has 0 unspecified atom stereocenters. The van der Waals surface area contributed by atoms with Gasteiger partial charge >= 0.3 is 0 Å². The first-order valence-electron chi connectivity index (χ1n) is 13.1. The van der Waals surface area contributed by atoms with Gasteiger partial charge < -0.3 is 15.6 Å². The van der Waals surface area contributed by atoms with Crippen molar-refractivity contribution in [3.05, 3.63) is 158 Å². The van der Waals surface area contributed by atoms with Crippen molar-refractivity contribution in [3.8, 4) is 45.4 Å². The number of ether oxygens (including phenoxy) is 1. The molecule has 0 aliphatic carbocycles. The maximum absolute atomic E-state index is 10.5. The van der Waals surface area contributed by atoms with E-state index in [1.807, 2.05) is 109 Å². The summed E-state index contributed by atoms with van der Waals surface area (Å²) in [5.41, 5.74) is 12.5. The van der Waals surface area contributed by atoms with Gasteiger partial charge in [-0.2, -0.15) is 4.57 Å². The van der Waals surface area contributed by atoms with Crippen LogP contribution in [0.15, 0.2) is 158 Å². The summed E-state index contributed by atoms with van der Waals surface area (Å²) in [5, 5.41) is 10.5. The van der Waals surface area contributed by atoms with Crippen LogP contribution in [0.2, 0.25) is 0 Å². The van der Waals surface area contributed by atoms with E-state index < -0.39 is 6.10 Å². The van der Waals surface area contributed by atoms with E-state index in [-0.39, 0.29) is 5.75 Å². The number of benzene rings is 2. The third kappa shape index (κ3) is 6.43. The lowest BCUT2D eigenvalue weighted by Crippen LogP contribution is -2.34. The molecule has 2 heterocycles. The first-order chi connectivity index (χ1) is 19.8. The molecule has 0 spiro atoms. The standard InChI is InChI=1S/C36H33N3O2/c1-6-8-23-35(27(15-7-2)25(3)26(4)37)41-36-24-12-10-16-28(36)30-18-13-19-31(38-30)33-21-14-20-32(39(33)5)29-17-9-11-22-34(29)40/h6-24,35H,1-4,37H2,5H3/p+1/b23-8+,27-15+/t35-/m0/s1. The number of aromatic hydroxyl groups is 1. The smallest absolute Gasteiger partial charge is 0.231 e. The van der Waals surface area contributed by atoms with Crippen LogP contribution in [0.3, 0.4) is 0 Å². The van der Waals surface area contributed by atoms with Crippen LogP contribution < -0.4 is 15.0 Å². The number of aromatic nitrogens is 2. The SMILES string of the molecule is C=C/C=C/[C@H](Oc1ccccc1-c1cccc(-c2cccc(-c3ccccc3O)[n+]2C)n1)/C(=C/C=C)C(=C)C(=C)N. The van der Waals surface area contributed by atoms with Gasteiger partial charge in [0.1, 0.15) is 30.3 Å². The second-order valence-corrected chi connectivity index (χ2v) is 9.30. The van der Waals surface area contributed by atoms with Gasteiger partial charge in [-0.1, -0.05) is 81.0 Å². The molecule has 5 heteroatoms. The maximum atomic E-state index is 10.5. The van der Waals surface area contributed by atoms with Crippen LogP contribution in [-0.2, 0) is 7.05 Å². The van der Waals surface area contributed by atoms with Gasteiger partial charge in [0, 0.05) is 29.0 Å². The van der Waals surface area contributed by atoms with Crippen molar-refractivity contribution in [1.82, 2.24) is 4.98 Å². The number of phenolic OH excluding ortho intramolecular Hbond substituents is 1. The number of para-hydroxylation sites is 2. The van der Waals surface area contributed by atoms with E-state index in [9.17, 15) is 5.11 Å². The predicted octanol–water partition coefficient (Wildman–Crippen LogP) is 7.24. The number of hydrogen-bond acceptors (Lipinski definition) is 4. The molecule has 0 aliphatic rings. The highest BCUT2D eigenvalue weighted by molar-refractivity contribution is 5.70. The molecule has 2 aromatic heterocycles. The number of pyridine rings is 2. The van der Waals surface area contributed by atoms with Crippen LogP contribution >= 0.6 is 0 Å². The van der Waals surface area contributed by atoms with Crippen molar-refractivity contribution in [2.75, 3.05) is 0 Å². The molecular weight excluding hydrogens is 506 g/mol. The number of nitrogens with two attached hydrogens (primary N) is 1. The Balaban J connectivity index is 1.77. The van der Waals surface area contributed by atoms with Gasteiger partial charge in [-0.3, -0.25) is 0 Å². The molecule has 3 N–H and O–H groups in total. The fourth-order valence-corrected chi connectivity index (χ4v) is 4.51. The Bertz CT molecular complexity index is 1680. The molecule has 0 bridgehead atoms. The monoisotopic (exact) mass is 540 g/mol. The summed E-state index contributed by atoms with van der Waals surface area (Å²) in [7, 11) is 1.96. The topological polar surface area (TPSA) is 72.2 Å². The van der Waals surface area contributed by atoms with E-state index in [0.717, 1.165) is 39.5 Å². The molecular formula is C36H34N3O2+. The zero-order valence-electron chi connectivity index (χ0n) is 23.2. The lowest BCUT2D eigenvalue weighted by atomic mass is 9.98. The van der Waals surface area contributed by atoms with Crippen molar-refractivity contribution in [1.29, 1.82) is 0 Å². The highest BCUT2D eigenvalue weighted by Gasteiger charge is 2.22. The molecule has 0 radical (unpaired) electrons. The van der Waals surface area contributed by atoms with Crippen molar-refractivity contribution in [2.24, 2.45) is 12.8 Å². The second-order valence-electron chi connectivity index (χ2n) is 9.30. The van der Waals surface area contributed by atoms with Crippen LogP contribution in [0.25, 0.3) is 33.9 Å². The van der Waals surface area contributed by atoms with E-state index in [0.29, 0.717) is 17.0 Å². The van der Waals surface area contributed by atoms with Gasteiger partial charge in [0.05, 0.1) is 11.3 Å². The fourth-order valence-electron chi connectivity index (χ4n) is 4.51. The predicted molar refractivity (Wildman–Crippen MR) is 168 cm³/mol.